The molecule has 2 aromatic carbocycles. The normalized spacial score (nSPS) is 13.1. The molecule has 0 saturated heterocycles. The lowest BCUT2D eigenvalue weighted by atomic mass is 9.99. The van der Waals surface area contributed by atoms with Crippen LogP contribution in [0.2, 0.25) is 0 Å². The number of hydrogen-bond donors (Lipinski definition) is 1. The van der Waals surface area contributed by atoms with Crippen LogP contribution in [0.25, 0.3) is 10.9 Å². The van der Waals surface area contributed by atoms with Gasteiger partial charge in [0.25, 0.3) is 0 Å². The van der Waals surface area contributed by atoms with Gasteiger partial charge in [-0.05, 0) is 42.7 Å². The van der Waals surface area contributed by atoms with Crippen molar-refractivity contribution in [1.29, 1.82) is 0 Å². The Labute approximate surface area is 163 Å². The average molecular weight is 385 g/mol. The molecule has 0 spiro atoms. The van der Waals surface area contributed by atoms with Gasteiger partial charge in [0.1, 0.15) is 0 Å². The number of nitrogen functional groups attached to an aromatic ring is 1. The Morgan fingerprint density at radius 1 is 1.15 bits per heavy atom. The monoisotopic (exact) mass is 384 g/mol. The molecule has 0 aliphatic carbocycles. The molecule has 0 saturated carbocycles. The Hall–Kier alpha value is -2.86. The highest BCUT2D eigenvalue weighted by Crippen LogP contribution is 2.31. The van der Waals surface area contributed by atoms with Gasteiger partial charge in [-0.25, -0.2) is 0 Å². The number of benzene rings is 2. The SMILES string of the molecule is Cl.Nc1cccc2c1CCCN2C(=O)CCn1ncc(=O)c2ccccc21. The third-order valence-electron chi connectivity index (χ3n) is 4.89. The lowest BCUT2D eigenvalue weighted by molar-refractivity contribution is -0.118. The van der Waals surface area contributed by atoms with Crippen LogP contribution in [0, 0.1) is 0 Å². The molecule has 2 N–H and O–H groups in total. The van der Waals surface area contributed by atoms with Crippen molar-refractivity contribution in [3.63, 3.8) is 0 Å². The highest BCUT2D eigenvalue weighted by molar-refractivity contribution is 5.95. The van der Waals surface area contributed by atoms with E-state index in [1.165, 1.54) is 6.20 Å². The minimum absolute atomic E-state index is 0. The van der Waals surface area contributed by atoms with Gasteiger partial charge in [0.2, 0.25) is 11.3 Å². The fourth-order valence-corrected chi connectivity index (χ4v) is 3.59. The highest BCUT2D eigenvalue weighted by atomic mass is 35.5. The summed E-state index contributed by atoms with van der Waals surface area (Å²) in [6.07, 6.45) is 3.43. The molecule has 27 heavy (non-hydrogen) atoms. The fourth-order valence-electron chi connectivity index (χ4n) is 3.59. The number of hydrogen-bond acceptors (Lipinski definition) is 4. The van der Waals surface area contributed by atoms with E-state index in [2.05, 4.69) is 5.10 Å². The largest absolute Gasteiger partial charge is 0.398 e. The van der Waals surface area contributed by atoms with Gasteiger partial charge in [-0.3, -0.25) is 14.3 Å². The minimum atomic E-state index is -0.108. The first-order chi connectivity index (χ1) is 12.6. The molecule has 1 aromatic heterocycles. The topological polar surface area (TPSA) is 81.2 Å². The number of aryl methyl sites for hydroxylation is 1. The summed E-state index contributed by atoms with van der Waals surface area (Å²) < 4.78 is 1.72. The van der Waals surface area contributed by atoms with E-state index in [0.29, 0.717) is 24.9 Å². The predicted octanol–water partition coefficient (Wildman–Crippen LogP) is 2.77. The number of fused-ring (bicyclic) bond motifs is 2. The zero-order valence-electron chi connectivity index (χ0n) is 14.8. The molecule has 0 fully saturated rings. The number of aromatic nitrogens is 2. The predicted molar refractivity (Wildman–Crippen MR) is 109 cm³/mol. The first kappa shape index (κ1) is 18.9. The number of carbonyl (C=O) groups is 1. The molecule has 0 bridgehead atoms. The van der Waals surface area contributed by atoms with Crippen LogP contribution in [0.4, 0.5) is 11.4 Å². The van der Waals surface area contributed by atoms with E-state index in [-0.39, 0.29) is 23.7 Å². The standard InChI is InChI=1S/C20H20N4O2.ClH/c21-16-7-3-9-17-14(16)6-4-11-23(17)20(26)10-12-24-18-8-2-1-5-15(18)19(25)13-22-24;/h1-3,5,7-9,13H,4,6,10-12,21H2;1H. The first-order valence-corrected chi connectivity index (χ1v) is 8.78. The molecule has 1 aliphatic rings. The molecular weight excluding hydrogens is 364 g/mol. The van der Waals surface area contributed by atoms with Crippen LogP contribution in [0.15, 0.2) is 53.5 Å². The summed E-state index contributed by atoms with van der Waals surface area (Å²) in [5, 5.41) is 4.81. The number of halogens is 1. The maximum absolute atomic E-state index is 12.8. The third kappa shape index (κ3) is 3.53. The number of anilines is 2. The van der Waals surface area contributed by atoms with Crippen molar-refractivity contribution < 1.29 is 4.79 Å². The van der Waals surface area contributed by atoms with Crippen molar-refractivity contribution in [3.05, 3.63) is 64.4 Å². The van der Waals surface area contributed by atoms with Gasteiger partial charge in [-0.15, -0.1) is 12.4 Å². The summed E-state index contributed by atoms with van der Waals surface area (Å²) in [6.45, 7) is 1.13. The van der Waals surface area contributed by atoms with Crippen LogP contribution in [0.5, 0.6) is 0 Å². The van der Waals surface area contributed by atoms with Crippen molar-refractivity contribution in [2.24, 2.45) is 0 Å². The Morgan fingerprint density at radius 3 is 2.81 bits per heavy atom. The van der Waals surface area contributed by atoms with Crippen molar-refractivity contribution in [2.75, 3.05) is 17.2 Å². The lowest BCUT2D eigenvalue weighted by Gasteiger charge is -2.30. The molecule has 2 heterocycles. The number of nitrogens with two attached hydrogens (primary N) is 1. The van der Waals surface area contributed by atoms with E-state index in [1.54, 1.807) is 10.7 Å². The quantitative estimate of drug-likeness (QED) is 0.704. The summed E-state index contributed by atoms with van der Waals surface area (Å²) in [7, 11) is 0. The van der Waals surface area contributed by atoms with Crippen LogP contribution in [0.1, 0.15) is 18.4 Å². The van der Waals surface area contributed by atoms with Gasteiger partial charge in [-0.1, -0.05) is 18.2 Å². The van der Waals surface area contributed by atoms with E-state index >= 15 is 0 Å². The maximum Gasteiger partial charge on any atom is 0.228 e. The maximum atomic E-state index is 12.8. The van der Waals surface area contributed by atoms with Crippen molar-refractivity contribution in [1.82, 2.24) is 9.78 Å². The van der Waals surface area contributed by atoms with E-state index in [9.17, 15) is 9.59 Å². The number of nitrogens with zero attached hydrogens (tertiary/aromatic N) is 3. The molecular formula is C20H21ClN4O2. The summed E-state index contributed by atoms with van der Waals surface area (Å²) in [5.74, 6) is 0.0427. The Morgan fingerprint density at radius 2 is 1.96 bits per heavy atom. The van der Waals surface area contributed by atoms with Crippen LogP contribution in [-0.4, -0.2) is 22.2 Å². The van der Waals surface area contributed by atoms with Crippen LogP contribution in [-0.2, 0) is 17.8 Å². The molecule has 6 nitrogen and oxygen atoms in total. The van der Waals surface area contributed by atoms with Gasteiger partial charge in [-0.2, -0.15) is 5.10 Å². The summed E-state index contributed by atoms with van der Waals surface area (Å²) >= 11 is 0. The fraction of sp³-hybridized carbons (Fsp3) is 0.250. The summed E-state index contributed by atoms with van der Waals surface area (Å²) in [4.78, 5) is 26.6. The van der Waals surface area contributed by atoms with Gasteiger partial charge in [0.05, 0.1) is 18.3 Å². The van der Waals surface area contributed by atoms with E-state index in [0.717, 1.165) is 35.3 Å². The van der Waals surface area contributed by atoms with Crippen LogP contribution >= 0.6 is 12.4 Å². The average Bonchev–Trinajstić information content (AvgIpc) is 2.67. The van der Waals surface area contributed by atoms with Crippen LogP contribution < -0.4 is 16.1 Å². The van der Waals surface area contributed by atoms with Gasteiger partial charge >= 0.3 is 0 Å². The Balaban J connectivity index is 0.00000210. The molecule has 3 aromatic rings. The number of carbonyl (C=O) groups excluding carboxylic acids is 1. The van der Waals surface area contributed by atoms with Gasteiger partial charge in [0, 0.05) is 29.7 Å². The van der Waals surface area contributed by atoms with Crippen LogP contribution in [0.3, 0.4) is 0 Å². The smallest absolute Gasteiger partial charge is 0.228 e. The second kappa shape index (κ2) is 7.80. The number of amides is 1. The van der Waals surface area contributed by atoms with Gasteiger partial charge in [0.15, 0.2) is 0 Å². The molecule has 1 amide bonds. The number of rotatable bonds is 3. The summed E-state index contributed by atoms with van der Waals surface area (Å²) in [6, 6.07) is 13.0. The van der Waals surface area contributed by atoms with Crippen molar-refractivity contribution in [2.45, 2.75) is 25.8 Å². The van der Waals surface area contributed by atoms with Crippen molar-refractivity contribution in [3.8, 4) is 0 Å². The highest BCUT2D eigenvalue weighted by Gasteiger charge is 2.23. The molecule has 0 atom stereocenters. The summed E-state index contributed by atoms with van der Waals surface area (Å²) in [5.41, 5.74) is 9.42. The van der Waals surface area contributed by atoms with Crippen molar-refractivity contribution >= 4 is 40.6 Å². The second-order valence-corrected chi connectivity index (χ2v) is 6.49. The zero-order valence-corrected chi connectivity index (χ0v) is 15.6. The Bertz CT molecular complexity index is 1050. The molecule has 1 aliphatic heterocycles. The molecule has 140 valence electrons. The lowest BCUT2D eigenvalue weighted by Crippen LogP contribution is -2.36. The second-order valence-electron chi connectivity index (χ2n) is 6.49. The Kier molecular flexibility index (Phi) is 5.46. The molecule has 0 unspecified atom stereocenters. The van der Waals surface area contributed by atoms with E-state index < -0.39 is 0 Å². The molecule has 4 rings (SSSR count). The van der Waals surface area contributed by atoms with E-state index in [4.69, 9.17) is 5.73 Å². The molecule has 7 heteroatoms. The molecule has 0 radical (unpaired) electrons. The third-order valence-corrected chi connectivity index (χ3v) is 4.89. The first-order valence-electron chi connectivity index (χ1n) is 8.78. The number of para-hydroxylation sites is 1. The van der Waals surface area contributed by atoms with Gasteiger partial charge < -0.3 is 10.6 Å². The zero-order chi connectivity index (χ0) is 18.1. The van der Waals surface area contributed by atoms with E-state index in [1.807, 2.05) is 41.3 Å². The minimum Gasteiger partial charge on any atom is -0.398 e.